The molecule has 3 aromatic rings. The van der Waals surface area contributed by atoms with Crippen LogP contribution in [0.5, 0.6) is 0 Å². The van der Waals surface area contributed by atoms with Gasteiger partial charge in [-0.15, -0.1) is 0 Å². The van der Waals surface area contributed by atoms with Gasteiger partial charge < -0.3 is 0 Å². The van der Waals surface area contributed by atoms with E-state index in [9.17, 15) is 4.79 Å². The molecule has 0 saturated heterocycles. The molecular weight excluding hydrogens is 448 g/mol. The minimum Gasteiger partial charge on any atom is -0.294 e. The summed E-state index contributed by atoms with van der Waals surface area (Å²) in [7, 11) is 0. The Balaban J connectivity index is 0.00000267. The van der Waals surface area contributed by atoms with E-state index in [-0.39, 0.29) is 8.64 Å². The van der Waals surface area contributed by atoms with Gasteiger partial charge in [0.2, 0.25) is 0 Å². The van der Waals surface area contributed by atoms with E-state index in [4.69, 9.17) is 0 Å². The maximum absolute atomic E-state index is 12.8. The standard InChI is InChI=1S/C36H36O.2H2/c1-5-30(20-17-28-11-8-7-9-12-28)35-22-21-34(25-31(35)6-2)27(4)33-14-10-13-29(23-33)24-36(37)32-18-15-26(3)16-19-32;;/h5,7-15,17-23,25-26H,4,6,16,24H2,1-3H3;2*1H/b20-17+,30-5-;;. The molecule has 0 N–H and O–H groups in total. The van der Waals surface area contributed by atoms with E-state index in [1.165, 1.54) is 22.3 Å². The number of hydrogen-bond donors (Lipinski definition) is 0. The molecule has 1 aliphatic carbocycles. The SMILES string of the molecule is C=C(c1cccc(CC(=O)C2=CCC(C)C=C2)c1)c1ccc(C(=C\C)/C=C/c2ccccc2)c(CC)c1.[HH].[HH]. The quantitative estimate of drug-likeness (QED) is 0.274. The Labute approximate surface area is 225 Å². The lowest BCUT2D eigenvalue weighted by molar-refractivity contribution is -0.114. The molecule has 0 amide bonds. The predicted octanol–water partition coefficient (Wildman–Crippen LogP) is 9.55. The lowest BCUT2D eigenvalue weighted by Crippen LogP contribution is -2.08. The molecule has 0 heterocycles. The minimum absolute atomic E-state index is 0. The summed E-state index contributed by atoms with van der Waals surface area (Å²) in [4.78, 5) is 12.8. The van der Waals surface area contributed by atoms with Crippen molar-refractivity contribution >= 4 is 23.0 Å². The van der Waals surface area contributed by atoms with Crippen molar-refractivity contribution in [3.63, 3.8) is 0 Å². The number of benzene rings is 3. The summed E-state index contributed by atoms with van der Waals surface area (Å²) in [5.74, 6) is 0.678. The topological polar surface area (TPSA) is 17.1 Å². The zero-order chi connectivity index (χ0) is 26.2. The van der Waals surface area contributed by atoms with Crippen LogP contribution in [0.25, 0.3) is 17.2 Å². The molecule has 0 spiro atoms. The van der Waals surface area contributed by atoms with Gasteiger partial charge >= 0.3 is 0 Å². The van der Waals surface area contributed by atoms with Crippen LogP contribution in [0.3, 0.4) is 0 Å². The second kappa shape index (κ2) is 12.3. The second-order valence-electron chi connectivity index (χ2n) is 9.72. The molecule has 4 rings (SSSR count). The van der Waals surface area contributed by atoms with Gasteiger partial charge in [-0.2, -0.15) is 0 Å². The molecule has 3 aromatic carbocycles. The highest BCUT2D eigenvalue weighted by Gasteiger charge is 2.13. The highest BCUT2D eigenvalue weighted by Crippen LogP contribution is 2.29. The van der Waals surface area contributed by atoms with Gasteiger partial charge in [0.05, 0.1) is 0 Å². The first kappa shape index (κ1) is 26.1. The van der Waals surface area contributed by atoms with Gasteiger partial charge in [0.1, 0.15) is 0 Å². The summed E-state index contributed by atoms with van der Waals surface area (Å²) in [6.45, 7) is 10.9. The fourth-order valence-corrected chi connectivity index (χ4v) is 4.70. The van der Waals surface area contributed by atoms with Crippen LogP contribution in [-0.4, -0.2) is 5.78 Å². The van der Waals surface area contributed by atoms with Crippen molar-refractivity contribution in [1.29, 1.82) is 0 Å². The molecule has 0 radical (unpaired) electrons. The molecule has 0 aromatic heterocycles. The minimum atomic E-state index is 0. The average Bonchev–Trinajstić information content (AvgIpc) is 2.94. The Hall–Kier alpha value is -3.97. The Morgan fingerprint density at radius 2 is 1.81 bits per heavy atom. The molecule has 0 saturated carbocycles. The molecule has 1 unspecified atom stereocenters. The van der Waals surface area contributed by atoms with Gasteiger partial charge in [0.15, 0.2) is 5.78 Å². The van der Waals surface area contributed by atoms with Crippen LogP contribution in [0, 0.1) is 5.92 Å². The zero-order valence-electron chi connectivity index (χ0n) is 22.2. The number of hydrogen-bond acceptors (Lipinski definition) is 1. The summed E-state index contributed by atoms with van der Waals surface area (Å²) in [5, 5.41) is 0. The monoisotopic (exact) mass is 488 g/mol. The number of aryl methyl sites for hydroxylation is 1. The largest absolute Gasteiger partial charge is 0.294 e. The van der Waals surface area contributed by atoms with Crippen molar-refractivity contribution in [2.45, 2.75) is 40.0 Å². The van der Waals surface area contributed by atoms with E-state index in [1.54, 1.807) is 0 Å². The summed E-state index contributed by atoms with van der Waals surface area (Å²) in [6, 6.07) is 25.2. The highest BCUT2D eigenvalue weighted by molar-refractivity contribution is 5.99. The normalized spacial score (nSPS) is 15.6. The van der Waals surface area contributed by atoms with Crippen LogP contribution in [0.4, 0.5) is 0 Å². The Morgan fingerprint density at radius 3 is 2.51 bits per heavy atom. The zero-order valence-corrected chi connectivity index (χ0v) is 22.2. The van der Waals surface area contributed by atoms with E-state index in [1.807, 2.05) is 24.3 Å². The Kier molecular flexibility index (Phi) is 8.69. The van der Waals surface area contributed by atoms with Gasteiger partial charge in [-0.25, -0.2) is 0 Å². The molecular formula is C36H40O. The molecule has 37 heavy (non-hydrogen) atoms. The Bertz CT molecular complexity index is 1410. The average molecular weight is 489 g/mol. The van der Waals surface area contributed by atoms with Crippen molar-refractivity contribution in [2.75, 3.05) is 0 Å². The van der Waals surface area contributed by atoms with Crippen LogP contribution < -0.4 is 0 Å². The molecule has 0 fully saturated rings. The lowest BCUT2D eigenvalue weighted by Gasteiger charge is -2.14. The number of ketones is 1. The number of Topliss-reactive ketones (excluding diaryl/α,β-unsaturated/α-hetero) is 1. The van der Waals surface area contributed by atoms with Crippen molar-refractivity contribution in [3.05, 3.63) is 149 Å². The summed E-state index contributed by atoms with van der Waals surface area (Å²) in [5.41, 5.74) is 9.92. The van der Waals surface area contributed by atoms with Gasteiger partial charge in [-0.05, 0) is 70.2 Å². The first-order valence-corrected chi connectivity index (χ1v) is 13.2. The van der Waals surface area contributed by atoms with Crippen LogP contribution in [0.15, 0.2) is 115 Å². The Morgan fingerprint density at radius 1 is 1.03 bits per heavy atom. The summed E-state index contributed by atoms with van der Waals surface area (Å²) >= 11 is 0. The third-order valence-electron chi connectivity index (χ3n) is 6.99. The van der Waals surface area contributed by atoms with Gasteiger partial charge in [0.25, 0.3) is 0 Å². The van der Waals surface area contributed by atoms with Crippen molar-refractivity contribution in [2.24, 2.45) is 5.92 Å². The van der Waals surface area contributed by atoms with Crippen LogP contribution in [0.1, 0.15) is 63.4 Å². The van der Waals surface area contributed by atoms with Crippen LogP contribution >= 0.6 is 0 Å². The second-order valence-corrected chi connectivity index (χ2v) is 9.72. The number of carbonyl (C=O) groups is 1. The highest BCUT2D eigenvalue weighted by atomic mass is 16.1. The van der Waals surface area contributed by atoms with E-state index < -0.39 is 0 Å². The molecule has 1 aliphatic rings. The molecule has 0 bridgehead atoms. The molecule has 1 atom stereocenters. The molecule has 0 aliphatic heterocycles. The number of rotatable bonds is 9. The molecule has 1 nitrogen and oxygen atoms in total. The third-order valence-corrected chi connectivity index (χ3v) is 6.99. The van der Waals surface area contributed by atoms with E-state index >= 15 is 0 Å². The lowest BCUT2D eigenvalue weighted by atomic mass is 9.90. The number of allylic oxidation sites excluding steroid dienone is 7. The molecule has 1 heteroatoms. The van der Waals surface area contributed by atoms with Crippen molar-refractivity contribution in [1.82, 2.24) is 0 Å². The maximum Gasteiger partial charge on any atom is 0.166 e. The third kappa shape index (κ3) is 6.62. The van der Waals surface area contributed by atoms with Crippen LogP contribution in [0.2, 0.25) is 0 Å². The van der Waals surface area contributed by atoms with Crippen molar-refractivity contribution in [3.8, 4) is 0 Å². The first-order valence-electron chi connectivity index (χ1n) is 13.2. The summed E-state index contributed by atoms with van der Waals surface area (Å²) in [6.07, 6.45) is 15.0. The van der Waals surface area contributed by atoms with Crippen LogP contribution in [-0.2, 0) is 17.6 Å². The maximum atomic E-state index is 12.8. The molecule has 190 valence electrons. The first-order chi connectivity index (χ1) is 18.0. The smallest absolute Gasteiger partial charge is 0.166 e. The van der Waals surface area contributed by atoms with E-state index in [0.29, 0.717) is 12.3 Å². The van der Waals surface area contributed by atoms with Gasteiger partial charge in [0, 0.05) is 14.8 Å². The predicted molar refractivity (Wildman–Crippen MR) is 163 cm³/mol. The summed E-state index contributed by atoms with van der Waals surface area (Å²) < 4.78 is 0. The van der Waals surface area contributed by atoms with Crippen molar-refractivity contribution < 1.29 is 7.65 Å². The van der Waals surface area contributed by atoms with Gasteiger partial charge in [-0.1, -0.05) is 130 Å². The van der Waals surface area contributed by atoms with Gasteiger partial charge in [-0.3, -0.25) is 4.79 Å². The van der Waals surface area contributed by atoms with E-state index in [0.717, 1.165) is 40.7 Å². The fourth-order valence-electron chi connectivity index (χ4n) is 4.70. The van der Waals surface area contributed by atoms with E-state index in [2.05, 4.69) is 112 Å². The fraction of sp³-hybridized carbons (Fsp3) is 0.194. The number of carbonyl (C=O) groups excluding carboxylic acids is 1.